The number of esters is 1. The summed E-state index contributed by atoms with van der Waals surface area (Å²) < 4.78 is 42.8. The predicted molar refractivity (Wildman–Crippen MR) is 173 cm³/mol. The van der Waals surface area contributed by atoms with Crippen LogP contribution in [-0.4, -0.2) is 76.0 Å². The van der Waals surface area contributed by atoms with E-state index in [4.69, 9.17) is 25.8 Å². The third-order valence-electron chi connectivity index (χ3n) is 6.60. The number of rotatable bonds is 14. The number of hydrogen-bond acceptors (Lipinski definition) is 9. The zero-order valence-corrected chi connectivity index (χ0v) is 27.8. The number of anilines is 1. The Balaban J connectivity index is 1.79. The number of nitrogens with zero attached hydrogens (tertiary/aromatic N) is 1. The molecular formula is C33H41ClN2O8S. The Labute approximate surface area is 270 Å². The van der Waals surface area contributed by atoms with Gasteiger partial charge in [-0.1, -0.05) is 35.9 Å². The van der Waals surface area contributed by atoms with Gasteiger partial charge in [0.1, 0.15) is 5.60 Å². The Morgan fingerprint density at radius 3 is 2.33 bits per heavy atom. The van der Waals surface area contributed by atoms with Crippen LogP contribution in [0.25, 0.3) is 0 Å². The number of halogens is 1. The molecule has 0 aromatic heterocycles. The second kappa shape index (κ2) is 16.1. The minimum atomic E-state index is -3.97. The molecule has 0 unspecified atom stereocenters. The predicted octanol–water partition coefficient (Wildman–Crippen LogP) is 5.92. The number of benzene rings is 3. The molecule has 1 amide bonds. The van der Waals surface area contributed by atoms with Gasteiger partial charge in [0, 0.05) is 30.9 Å². The third-order valence-corrected chi connectivity index (χ3v) is 8.60. The Bertz CT molecular complexity index is 1560. The molecule has 3 aromatic rings. The van der Waals surface area contributed by atoms with Gasteiger partial charge in [-0.2, -0.15) is 0 Å². The van der Waals surface area contributed by atoms with Gasteiger partial charge in [0.25, 0.3) is 0 Å². The summed E-state index contributed by atoms with van der Waals surface area (Å²) >= 11 is 6.08. The summed E-state index contributed by atoms with van der Waals surface area (Å²) in [6.45, 7) is 8.09. The van der Waals surface area contributed by atoms with E-state index in [-0.39, 0.29) is 35.1 Å². The SMILES string of the molecule is CCOC(=O)c1cc(S(=O)(=O)c2ccc(CCN(C[C@@H](O)c3cccc(Cl)c3)C(=O)OC(C)(C)C)cc2)ccc1NCCOC. The summed E-state index contributed by atoms with van der Waals surface area (Å²) in [6, 6.07) is 17.4. The molecule has 0 spiro atoms. The fourth-order valence-electron chi connectivity index (χ4n) is 4.36. The van der Waals surface area contributed by atoms with Gasteiger partial charge in [0.05, 0.1) is 41.2 Å². The second-order valence-corrected chi connectivity index (χ2v) is 13.6. The van der Waals surface area contributed by atoms with Crippen molar-refractivity contribution in [2.75, 3.05) is 45.3 Å². The molecule has 3 rings (SSSR count). The van der Waals surface area contributed by atoms with E-state index in [1.54, 1.807) is 71.2 Å². The van der Waals surface area contributed by atoms with Crippen molar-refractivity contribution in [2.45, 2.75) is 55.6 Å². The van der Waals surface area contributed by atoms with Gasteiger partial charge in [0.15, 0.2) is 0 Å². The maximum absolute atomic E-state index is 13.5. The van der Waals surface area contributed by atoms with E-state index in [0.717, 1.165) is 5.56 Å². The Hall–Kier alpha value is -3.64. The van der Waals surface area contributed by atoms with E-state index in [1.165, 1.54) is 35.2 Å². The summed E-state index contributed by atoms with van der Waals surface area (Å²) in [5.41, 5.74) is 1.14. The van der Waals surface area contributed by atoms with Crippen molar-refractivity contribution in [1.82, 2.24) is 4.90 Å². The first-order valence-corrected chi connectivity index (χ1v) is 16.4. The summed E-state index contributed by atoms with van der Waals surface area (Å²) in [5.74, 6) is -0.639. The highest BCUT2D eigenvalue weighted by atomic mass is 35.5. The number of carbonyl (C=O) groups excluding carboxylic acids is 2. The maximum atomic E-state index is 13.5. The summed E-state index contributed by atoms with van der Waals surface area (Å²) in [7, 11) is -2.42. The van der Waals surface area contributed by atoms with Crippen molar-refractivity contribution >= 4 is 39.2 Å². The maximum Gasteiger partial charge on any atom is 0.410 e. The van der Waals surface area contributed by atoms with Crippen LogP contribution in [-0.2, 0) is 30.5 Å². The van der Waals surface area contributed by atoms with Crippen LogP contribution in [0, 0.1) is 0 Å². The van der Waals surface area contributed by atoms with Crippen LogP contribution in [0.4, 0.5) is 10.5 Å². The van der Waals surface area contributed by atoms with Crippen molar-refractivity contribution < 1.29 is 37.3 Å². The number of carbonyl (C=O) groups is 2. The Kier molecular flexibility index (Phi) is 12.8. The van der Waals surface area contributed by atoms with Crippen molar-refractivity contribution in [3.05, 3.63) is 88.4 Å². The van der Waals surface area contributed by atoms with Gasteiger partial charge in [-0.25, -0.2) is 18.0 Å². The van der Waals surface area contributed by atoms with Crippen molar-refractivity contribution in [2.24, 2.45) is 0 Å². The molecule has 0 radical (unpaired) electrons. The highest BCUT2D eigenvalue weighted by Crippen LogP contribution is 2.27. The molecule has 0 bridgehead atoms. The fourth-order valence-corrected chi connectivity index (χ4v) is 5.84. The number of aliphatic hydroxyl groups excluding tert-OH is 1. The minimum Gasteiger partial charge on any atom is -0.462 e. The van der Waals surface area contributed by atoms with E-state index >= 15 is 0 Å². The number of hydrogen-bond donors (Lipinski definition) is 2. The lowest BCUT2D eigenvalue weighted by molar-refractivity contribution is 0.0147. The van der Waals surface area contributed by atoms with Crippen molar-refractivity contribution in [3.8, 4) is 0 Å². The topological polar surface area (TPSA) is 131 Å². The molecule has 1 atom stereocenters. The average Bonchev–Trinajstić information content (AvgIpc) is 2.98. The molecule has 0 aliphatic carbocycles. The lowest BCUT2D eigenvalue weighted by Gasteiger charge is -2.29. The molecule has 0 aliphatic heterocycles. The molecular weight excluding hydrogens is 620 g/mol. The largest absolute Gasteiger partial charge is 0.462 e. The highest BCUT2D eigenvalue weighted by molar-refractivity contribution is 7.91. The highest BCUT2D eigenvalue weighted by Gasteiger charge is 2.26. The van der Waals surface area contributed by atoms with Crippen LogP contribution in [0.1, 0.15) is 55.3 Å². The average molecular weight is 661 g/mol. The van der Waals surface area contributed by atoms with Gasteiger partial charge in [0.2, 0.25) is 9.84 Å². The van der Waals surface area contributed by atoms with Crippen molar-refractivity contribution in [1.29, 1.82) is 0 Å². The standard InChI is InChI=1S/C33H41ClN2O8S/c1-6-43-31(38)28-21-27(14-15-29(28)35-17-19-42-5)45(40,41)26-12-10-23(11-13-26)16-18-36(32(39)44-33(2,3)4)22-30(37)24-8-7-9-25(34)20-24/h7-15,20-21,30,35,37H,6,16-19,22H2,1-5H3/t30-/m1/s1. The van der Waals surface area contributed by atoms with E-state index < -0.39 is 33.6 Å². The first-order chi connectivity index (χ1) is 21.2. The number of methoxy groups -OCH3 is 1. The van der Waals surface area contributed by atoms with Gasteiger partial charge in [-0.15, -0.1) is 0 Å². The molecule has 0 saturated heterocycles. The van der Waals surface area contributed by atoms with Gasteiger partial charge in [-0.3, -0.25) is 0 Å². The lowest BCUT2D eigenvalue weighted by atomic mass is 10.1. The molecule has 10 nitrogen and oxygen atoms in total. The van der Waals surface area contributed by atoms with Crippen LogP contribution >= 0.6 is 11.6 Å². The number of sulfone groups is 1. The summed E-state index contributed by atoms with van der Waals surface area (Å²) in [4.78, 5) is 27.0. The first kappa shape index (κ1) is 35.8. The number of amides is 1. The number of aliphatic hydroxyl groups is 1. The number of nitrogens with one attached hydrogen (secondary N) is 1. The van der Waals surface area contributed by atoms with E-state index in [2.05, 4.69) is 5.32 Å². The van der Waals surface area contributed by atoms with Gasteiger partial charge >= 0.3 is 12.1 Å². The fraction of sp³-hybridized carbons (Fsp3) is 0.394. The summed E-state index contributed by atoms with van der Waals surface area (Å²) in [6.07, 6.45) is -1.21. The van der Waals surface area contributed by atoms with E-state index in [1.807, 2.05) is 0 Å². The second-order valence-electron chi connectivity index (χ2n) is 11.2. The van der Waals surface area contributed by atoms with Crippen LogP contribution in [0.5, 0.6) is 0 Å². The van der Waals surface area contributed by atoms with Crippen LogP contribution in [0.3, 0.4) is 0 Å². The molecule has 244 valence electrons. The van der Waals surface area contributed by atoms with Gasteiger partial charge in [-0.05, 0) is 87.7 Å². The summed E-state index contributed by atoms with van der Waals surface area (Å²) in [5, 5.41) is 14.4. The minimum absolute atomic E-state index is 0.0269. The molecule has 45 heavy (non-hydrogen) atoms. The normalized spacial score (nSPS) is 12.3. The lowest BCUT2D eigenvalue weighted by Crippen LogP contribution is -2.40. The molecule has 0 aliphatic rings. The molecule has 0 saturated carbocycles. The zero-order chi connectivity index (χ0) is 33.2. The molecule has 12 heteroatoms. The van der Waals surface area contributed by atoms with Crippen LogP contribution in [0.2, 0.25) is 5.02 Å². The quantitative estimate of drug-likeness (QED) is 0.160. The number of ether oxygens (including phenoxy) is 3. The monoisotopic (exact) mass is 660 g/mol. The third kappa shape index (κ3) is 10.5. The first-order valence-electron chi connectivity index (χ1n) is 14.5. The Morgan fingerprint density at radius 2 is 1.71 bits per heavy atom. The Morgan fingerprint density at radius 1 is 1.02 bits per heavy atom. The van der Waals surface area contributed by atoms with Crippen LogP contribution < -0.4 is 5.32 Å². The smallest absolute Gasteiger partial charge is 0.410 e. The van der Waals surface area contributed by atoms with E-state index in [9.17, 15) is 23.1 Å². The van der Waals surface area contributed by atoms with Crippen LogP contribution in [0.15, 0.2) is 76.5 Å². The molecule has 3 aromatic carbocycles. The van der Waals surface area contributed by atoms with Gasteiger partial charge < -0.3 is 29.5 Å². The van der Waals surface area contributed by atoms with E-state index in [0.29, 0.717) is 35.8 Å². The molecule has 2 N–H and O–H groups in total. The van der Waals surface area contributed by atoms with Crippen molar-refractivity contribution in [3.63, 3.8) is 0 Å². The molecule has 0 heterocycles. The molecule has 0 fully saturated rings. The zero-order valence-electron chi connectivity index (χ0n) is 26.2.